The van der Waals surface area contributed by atoms with E-state index in [1.54, 1.807) is 4.90 Å². The lowest BCUT2D eigenvalue weighted by Crippen LogP contribution is -2.44. The van der Waals surface area contributed by atoms with Gasteiger partial charge in [0.1, 0.15) is 17.1 Å². The Hall–Kier alpha value is -1.85. The summed E-state index contributed by atoms with van der Waals surface area (Å²) in [5, 5.41) is 0. The summed E-state index contributed by atoms with van der Waals surface area (Å²) in [5.41, 5.74) is 0.0307. The predicted molar refractivity (Wildman–Crippen MR) is 69.0 cm³/mol. The maximum atomic E-state index is 12.1. The molecule has 0 spiro atoms. The third-order valence-corrected chi connectivity index (χ3v) is 3.07. The molecule has 19 heavy (non-hydrogen) atoms. The van der Waals surface area contributed by atoms with E-state index in [1.807, 2.05) is 32.3 Å². The Balaban J connectivity index is 2.19. The second kappa shape index (κ2) is 4.68. The standard InChI is InChI=1S/C13H19N3O3/c1-9-11-14-7-10(8-17)16(11)6-5-15(9)12(18)19-13(2,3)4/h7-9H,5-6H2,1-4H3. The number of nitrogens with zero attached hydrogens (tertiary/aromatic N) is 3. The lowest BCUT2D eigenvalue weighted by Gasteiger charge is -2.35. The molecule has 2 rings (SSSR count). The van der Waals surface area contributed by atoms with Gasteiger partial charge in [0, 0.05) is 13.1 Å². The van der Waals surface area contributed by atoms with Gasteiger partial charge in [-0.25, -0.2) is 9.78 Å². The molecule has 0 N–H and O–H groups in total. The summed E-state index contributed by atoms with van der Waals surface area (Å²) in [6, 6.07) is -0.197. The van der Waals surface area contributed by atoms with Gasteiger partial charge >= 0.3 is 6.09 Å². The molecular formula is C13H19N3O3. The topological polar surface area (TPSA) is 64.4 Å². The van der Waals surface area contributed by atoms with Crippen LogP contribution in [0.3, 0.4) is 0 Å². The smallest absolute Gasteiger partial charge is 0.410 e. The number of carbonyl (C=O) groups excluding carboxylic acids is 2. The summed E-state index contributed by atoms with van der Waals surface area (Å²) >= 11 is 0. The number of rotatable bonds is 1. The van der Waals surface area contributed by atoms with Crippen LogP contribution >= 0.6 is 0 Å². The number of fused-ring (bicyclic) bond motifs is 1. The molecule has 1 aliphatic rings. The van der Waals surface area contributed by atoms with Crippen LogP contribution in [0, 0.1) is 0 Å². The van der Waals surface area contributed by atoms with Crippen molar-refractivity contribution >= 4 is 12.4 Å². The Morgan fingerprint density at radius 2 is 2.16 bits per heavy atom. The maximum absolute atomic E-state index is 12.1. The third-order valence-electron chi connectivity index (χ3n) is 3.07. The maximum Gasteiger partial charge on any atom is 0.410 e. The Bertz CT molecular complexity index is 502. The van der Waals surface area contributed by atoms with Crippen molar-refractivity contribution in [3.63, 3.8) is 0 Å². The van der Waals surface area contributed by atoms with E-state index in [0.29, 0.717) is 18.8 Å². The largest absolute Gasteiger partial charge is 0.444 e. The van der Waals surface area contributed by atoms with E-state index in [-0.39, 0.29) is 12.1 Å². The summed E-state index contributed by atoms with van der Waals surface area (Å²) in [4.78, 5) is 28.9. The van der Waals surface area contributed by atoms with Crippen LogP contribution in [0.2, 0.25) is 0 Å². The average molecular weight is 265 g/mol. The second-order valence-electron chi connectivity index (χ2n) is 5.66. The van der Waals surface area contributed by atoms with E-state index in [4.69, 9.17) is 4.74 Å². The van der Waals surface area contributed by atoms with Gasteiger partial charge in [-0.3, -0.25) is 9.69 Å². The summed E-state index contributed by atoms with van der Waals surface area (Å²) in [5.74, 6) is 0.721. The first kappa shape index (κ1) is 13.6. The van der Waals surface area contributed by atoms with Crippen LogP contribution < -0.4 is 0 Å². The van der Waals surface area contributed by atoms with Crippen LogP contribution in [0.4, 0.5) is 4.79 Å². The molecule has 6 nitrogen and oxygen atoms in total. The van der Waals surface area contributed by atoms with Crippen LogP contribution in [0.15, 0.2) is 6.20 Å². The molecule has 6 heteroatoms. The van der Waals surface area contributed by atoms with Crippen LogP contribution in [-0.2, 0) is 11.3 Å². The molecule has 0 aromatic carbocycles. The average Bonchev–Trinajstić information content (AvgIpc) is 2.70. The Morgan fingerprint density at radius 3 is 2.74 bits per heavy atom. The Labute approximate surface area is 112 Å². The van der Waals surface area contributed by atoms with Crippen LogP contribution in [0.5, 0.6) is 0 Å². The van der Waals surface area contributed by atoms with Gasteiger partial charge in [0.15, 0.2) is 6.29 Å². The molecule has 1 aliphatic heterocycles. The summed E-state index contributed by atoms with van der Waals surface area (Å²) in [6.45, 7) is 8.48. The number of hydrogen-bond acceptors (Lipinski definition) is 4. The van der Waals surface area contributed by atoms with E-state index >= 15 is 0 Å². The number of aldehydes is 1. The van der Waals surface area contributed by atoms with Gasteiger partial charge < -0.3 is 9.30 Å². The van der Waals surface area contributed by atoms with Gasteiger partial charge in [-0.1, -0.05) is 0 Å². The van der Waals surface area contributed by atoms with Crippen molar-refractivity contribution in [3.05, 3.63) is 17.7 Å². The van der Waals surface area contributed by atoms with Crippen LogP contribution in [0.1, 0.15) is 50.0 Å². The zero-order chi connectivity index (χ0) is 14.2. The highest BCUT2D eigenvalue weighted by Gasteiger charge is 2.32. The fourth-order valence-electron chi connectivity index (χ4n) is 2.19. The predicted octanol–water partition coefficient (Wildman–Crippen LogP) is 2.01. The first-order valence-corrected chi connectivity index (χ1v) is 6.33. The Kier molecular flexibility index (Phi) is 3.34. The highest BCUT2D eigenvalue weighted by molar-refractivity contribution is 5.72. The van der Waals surface area contributed by atoms with Crippen molar-refractivity contribution in [3.8, 4) is 0 Å². The number of aromatic nitrogens is 2. The van der Waals surface area contributed by atoms with Gasteiger partial charge in [0.05, 0.1) is 12.2 Å². The van der Waals surface area contributed by atoms with Gasteiger partial charge in [0.2, 0.25) is 0 Å². The van der Waals surface area contributed by atoms with E-state index in [2.05, 4.69) is 4.98 Å². The minimum absolute atomic E-state index is 0.197. The van der Waals surface area contributed by atoms with Crippen molar-refractivity contribution in [1.29, 1.82) is 0 Å². The molecule has 0 fully saturated rings. The molecule has 0 radical (unpaired) electrons. The molecule has 1 aromatic heterocycles. The lowest BCUT2D eigenvalue weighted by atomic mass is 10.2. The zero-order valence-corrected chi connectivity index (χ0v) is 11.7. The summed E-state index contributed by atoms with van der Waals surface area (Å²) in [7, 11) is 0. The van der Waals surface area contributed by atoms with E-state index in [9.17, 15) is 9.59 Å². The number of amides is 1. The van der Waals surface area contributed by atoms with Gasteiger partial charge in [-0.05, 0) is 27.7 Å². The Morgan fingerprint density at radius 1 is 1.47 bits per heavy atom. The SMILES string of the molecule is CC1c2ncc(C=O)n2CCN1C(=O)OC(C)(C)C. The molecule has 2 heterocycles. The van der Waals surface area contributed by atoms with E-state index in [0.717, 1.165) is 12.1 Å². The van der Waals surface area contributed by atoms with Crippen molar-refractivity contribution in [2.75, 3.05) is 6.54 Å². The number of hydrogen-bond donors (Lipinski definition) is 0. The molecule has 104 valence electrons. The van der Waals surface area contributed by atoms with Gasteiger partial charge in [0.25, 0.3) is 0 Å². The van der Waals surface area contributed by atoms with Gasteiger partial charge in [-0.2, -0.15) is 0 Å². The van der Waals surface area contributed by atoms with Crippen molar-refractivity contribution in [1.82, 2.24) is 14.5 Å². The van der Waals surface area contributed by atoms with Crippen molar-refractivity contribution < 1.29 is 14.3 Å². The molecule has 0 bridgehead atoms. The second-order valence-corrected chi connectivity index (χ2v) is 5.66. The first-order chi connectivity index (χ1) is 8.83. The number of ether oxygens (including phenoxy) is 1. The highest BCUT2D eigenvalue weighted by Crippen LogP contribution is 2.26. The molecule has 0 aliphatic carbocycles. The molecule has 0 saturated carbocycles. The van der Waals surface area contributed by atoms with Crippen LogP contribution in [-0.4, -0.2) is 39.0 Å². The fourth-order valence-corrected chi connectivity index (χ4v) is 2.19. The first-order valence-electron chi connectivity index (χ1n) is 6.33. The molecular weight excluding hydrogens is 246 g/mol. The highest BCUT2D eigenvalue weighted by atomic mass is 16.6. The molecule has 1 aromatic rings. The van der Waals surface area contributed by atoms with Crippen molar-refractivity contribution in [2.45, 2.75) is 45.9 Å². The van der Waals surface area contributed by atoms with Crippen LogP contribution in [0.25, 0.3) is 0 Å². The summed E-state index contributed by atoms with van der Waals surface area (Å²) < 4.78 is 7.22. The molecule has 1 amide bonds. The normalized spacial score (nSPS) is 18.9. The van der Waals surface area contributed by atoms with Crippen molar-refractivity contribution in [2.24, 2.45) is 0 Å². The molecule has 1 unspecified atom stereocenters. The minimum Gasteiger partial charge on any atom is -0.444 e. The fraction of sp³-hybridized carbons (Fsp3) is 0.615. The quantitative estimate of drug-likeness (QED) is 0.729. The van der Waals surface area contributed by atoms with Gasteiger partial charge in [-0.15, -0.1) is 0 Å². The molecule has 1 atom stereocenters. The third kappa shape index (κ3) is 2.62. The number of carbonyl (C=O) groups is 2. The monoisotopic (exact) mass is 265 g/mol. The van der Waals surface area contributed by atoms with E-state index in [1.165, 1.54) is 6.20 Å². The summed E-state index contributed by atoms with van der Waals surface area (Å²) in [6.07, 6.45) is 1.98. The number of imidazole rings is 1. The lowest BCUT2D eigenvalue weighted by molar-refractivity contribution is 0.0120. The molecule has 0 saturated heterocycles. The zero-order valence-electron chi connectivity index (χ0n) is 11.7. The van der Waals surface area contributed by atoms with E-state index < -0.39 is 5.60 Å². The minimum atomic E-state index is -0.516.